The quantitative estimate of drug-likeness (QED) is 0.932. The van der Waals surface area contributed by atoms with E-state index in [0.29, 0.717) is 6.54 Å². The number of furan rings is 1. The first-order valence-electron chi connectivity index (χ1n) is 8.64. The molecule has 0 saturated heterocycles. The molecule has 2 aromatic rings. The minimum Gasteiger partial charge on any atom is -0.459 e. The molecule has 1 aromatic heterocycles. The van der Waals surface area contributed by atoms with E-state index in [-0.39, 0.29) is 23.9 Å². The van der Waals surface area contributed by atoms with Crippen LogP contribution >= 0.6 is 0 Å². The summed E-state index contributed by atoms with van der Waals surface area (Å²) >= 11 is 0. The SMILES string of the molecule is CCN(C(=O)C1CCCC(N)C1)C(C)c1cc2ccccc2o1. The van der Waals surface area contributed by atoms with Crippen LogP contribution in [-0.4, -0.2) is 23.4 Å². The fraction of sp³-hybridized carbons (Fsp3) is 0.526. The van der Waals surface area contributed by atoms with Gasteiger partial charge in [0.1, 0.15) is 11.3 Å². The summed E-state index contributed by atoms with van der Waals surface area (Å²) in [6.45, 7) is 4.75. The molecule has 0 spiro atoms. The summed E-state index contributed by atoms with van der Waals surface area (Å²) in [7, 11) is 0. The van der Waals surface area contributed by atoms with Crippen LogP contribution in [0.4, 0.5) is 0 Å². The summed E-state index contributed by atoms with van der Waals surface area (Å²) < 4.78 is 5.95. The highest BCUT2D eigenvalue weighted by Gasteiger charge is 2.31. The molecule has 2 N–H and O–H groups in total. The third-order valence-corrected chi connectivity index (χ3v) is 5.01. The van der Waals surface area contributed by atoms with Crippen molar-refractivity contribution in [3.63, 3.8) is 0 Å². The Morgan fingerprint density at radius 1 is 1.39 bits per heavy atom. The molecule has 3 unspecified atom stereocenters. The Kier molecular flexibility index (Phi) is 4.71. The molecule has 23 heavy (non-hydrogen) atoms. The smallest absolute Gasteiger partial charge is 0.226 e. The van der Waals surface area contributed by atoms with Crippen molar-refractivity contribution in [2.45, 2.75) is 51.6 Å². The standard InChI is InChI=1S/C19H26N2O2/c1-3-21(19(22)15-8-6-9-16(20)11-15)13(2)18-12-14-7-4-5-10-17(14)23-18/h4-5,7,10,12-13,15-16H,3,6,8-9,11,20H2,1-2H3. The lowest BCUT2D eigenvalue weighted by molar-refractivity contribution is -0.139. The normalized spacial score (nSPS) is 22.9. The second-order valence-electron chi connectivity index (χ2n) is 6.61. The Morgan fingerprint density at radius 3 is 2.87 bits per heavy atom. The highest BCUT2D eigenvalue weighted by Crippen LogP contribution is 2.31. The van der Waals surface area contributed by atoms with Crippen LogP contribution in [0.5, 0.6) is 0 Å². The number of rotatable bonds is 4. The van der Waals surface area contributed by atoms with Crippen LogP contribution in [0.2, 0.25) is 0 Å². The van der Waals surface area contributed by atoms with Gasteiger partial charge in [0.05, 0.1) is 6.04 Å². The first kappa shape index (κ1) is 16.1. The molecule has 1 aromatic carbocycles. The molecule has 1 aliphatic carbocycles. The molecule has 124 valence electrons. The molecule has 1 heterocycles. The van der Waals surface area contributed by atoms with Crippen molar-refractivity contribution in [1.82, 2.24) is 4.90 Å². The molecule has 0 radical (unpaired) electrons. The number of para-hydroxylation sites is 1. The number of benzene rings is 1. The minimum absolute atomic E-state index is 0.0574. The van der Waals surface area contributed by atoms with Crippen LogP contribution in [0, 0.1) is 5.92 Å². The van der Waals surface area contributed by atoms with E-state index in [1.807, 2.05) is 49.1 Å². The third-order valence-electron chi connectivity index (χ3n) is 5.01. The monoisotopic (exact) mass is 314 g/mol. The topological polar surface area (TPSA) is 59.5 Å². The first-order chi connectivity index (χ1) is 11.1. The molecule has 1 amide bonds. The molecule has 0 bridgehead atoms. The number of nitrogens with zero attached hydrogens (tertiary/aromatic N) is 1. The van der Waals surface area contributed by atoms with Crippen molar-refractivity contribution in [1.29, 1.82) is 0 Å². The van der Waals surface area contributed by atoms with Crippen LogP contribution in [0.25, 0.3) is 11.0 Å². The van der Waals surface area contributed by atoms with E-state index in [9.17, 15) is 4.79 Å². The number of amides is 1. The van der Waals surface area contributed by atoms with Gasteiger partial charge in [0, 0.05) is 23.9 Å². The Balaban J connectivity index is 1.80. The van der Waals surface area contributed by atoms with E-state index in [2.05, 4.69) is 0 Å². The molecular formula is C19H26N2O2. The summed E-state index contributed by atoms with van der Waals surface area (Å²) in [6.07, 6.45) is 3.85. The van der Waals surface area contributed by atoms with Crippen LogP contribution in [-0.2, 0) is 4.79 Å². The number of carbonyl (C=O) groups is 1. The van der Waals surface area contributed by atoms with Gasteiger partial charge in [-0.1, -0.05) is 24.6 Å². The van der Waals surface area contributed by atoms with E-state index in [1.165, 1.54) is 0 Å². The van der Waals surface area contributed by atoms with Crippen molar-refractivity contribution in [3.05, 3.63) is 36.1 Å². The lowest BCUT2D eigenvalue weighted by atomic mass is 9.85. The molecule has 0 aliphatic heterocycles. The number of carbonyl (C=O) groups excluding carboxylic acids is 1. The average Bonchev–Trinajstić information content (AvgIpc) is 2.99. The van der Waals surface area contributed by atoms with Crippen molar-refractivity contribution in [2.24, 2.45) is 11.7 Å². The molecule has 4 heteroatoms. The molecule has 3 atom stereocenters. The van der Waals surface area contributed by atoms with Gasteiger partial charge in [0.25, 0.3) is 0 Å². The lowest BCUT2D eigenvalue weighted by Gasteiger charge is -2.33. The van der Waals surface area contributed by atoms with Gasteiger partial charge in [-0.2, -0.15) is 0 Å². The maximum Gasteiger partial charge on any atom is 0.226 e. The Bertz CT molecular complexity index is 646. The molecule has 1 aliphatic rings. The van der Waals surface area contributed by atoms with Gasteiger partial charge in [-0.15, -0.1) is 0 Å². The van der Waals surface area contributed by atoms with Gasteiger partial charge in [-0.05, 0) is 45.2 Å². The highest BCUT2D eigenvalue weighted by atomic mass is 16.3. The second-order valence-corrected chi connectivity index (χ2v) is 6.61. The number of hydrogen-bond donors (Lipinski definition) is 1. The fourth-order valence-electron chi connectivity index (χ4n) is 3.67. The largest absolute Gasteiger partial charge is 0.459 e. The Labute approximate surface area is 137 Å². The van der Waals surface area contributed by atoms with E-state index >= 15 is 0 Å². The van der Waals surface area contributed by atoms with Crippen molar-refractivity contribution < 1.29 is 9.21 Å². The molecule has 1 saturated carbocycles. The van der Waals surface area contributed by atoms with Crippen LogP contribution < -0.4 is 5.73 Å². The second kappa shape index (κ2) is 6.75. The summed E-state index contributed by atoms with van der Waals surface area (Å²) in [5.74, 6) is 1.13. The molecule has 1 fully saturated rings. The Hall–Kier alpha value is -1.81. The number of hydrogen-bond acceptors (Lipinski definition) is 3. The van der Waals surface area contributed by atoms with Crippen molar-refractivity contribution in [2.75, 3.05) is 6.54 Å². The maximum absolute atomic E-state index is 12.9. The molecule has 3 rings (SSSR count). The molecule has 4 nitrogen and oxygen atoms in total. The zero-order valence-electron chi connectivity index (χ0n) is 14.0. The highest BCUT2D eigenvalue weighted by molar-refractivity contribution is 5.80. The summed E-state index contributed by atoms with van der Waals surface area (Å²) in [4.78, 5) is 14.9. The Morgan fingerprint density at radius 2 is 2.17 bits per heavy atom. The van der Waals surface area contributed by atoms with Crippen LogP contribution in [0.15, 0.2) is 34.7 Å². The third kappa shape index (κ3) is 3.27. The fourth-order valence-corrected chi connectivity index (χ4v) is 3.67. The first-order valence-corrected chi connectivity index (χ1v) is 8.64. The maximum atomic E-state index is 12.9. The minimum atomic E-state index is -0.0574. The van der Waals surface area contributed by atoms with E-state index in [4.69, 9.17) is 10.2 Å². The predicted octanol–water partition coefficient (Wildman–Crippen LogP) is 3.86. The molecular weight excluding hydrogens is 288 g/mol. The van der Waals surface area contributed by atoms with Gasteiger partial charge < -0.3 is 15.1 Å². The van der Waals surface area contributed by atoms with Gasteiger partial charge in [0.15, 0.2) is 0 Å². The zero-order chi connectivity index (χ0) is 16.4. The summed E-state index contributed by atoms with van der Waals surface area (Å²) in [5.41, 5.74) is 6.93. The van der Waals surface area contributed by atoms with Crippen molar-refractivity contribution in [3.8, 4) is 0 Å². The number of nitrogens with two attached hydrogens (primary N) is 1. The van der Waals surface area contributed by atoms with Gasteiger partial charge in [-0.25, -0.2) is 0 Å². The van der Waals surface area contributed by atoms with E-state index < -0.39 is 0 Å². The van der Waals surface area contributed by atoms with Gasteiger partial charge in [-0.3, -0.25) is 4.79 Å². The summed E-state index contributed by atoms with van der Waals surface area (Å²) in [5, 5.41) is 1.08. The van der Waals surface area contributed by atoms with Crippen molar-refractivity contribution >= 4 is 16.9 Å². The lowest BCUT2D eigenvalue weighted by Crippen LogP contribution is -2.41. The predicted molar refractivity (Wildman–Crippen MR) is 91.9 cm³/mol. The van der Waals surface area contributed by atoms with Crippen LogP contribution in [0.3, 0.4) is 0 Å². The van der Waals surface area contributed by atoms with Gasteiger partial charge in [0.2, 0.25) is 5.91 Å². The van der Waals surface area contributed by atoms with Gasteiger partial charge >= 0.3 is 0 Å². The number of fused-ring (bicyclic) bond motifs is 1. The van der Waals surface area contributed by atoms with E-state index in [0.717, 1.165) is 42.4 Å². The van der Waals surface area contributed by atoms with Crippen LogP contribution in [0.1, 0.15) is 51.3 Å². The van der Waals surface area contributed by atoms with E-state index in [1.54, 1.807) is 0 Å². The average molecular weight is 314 g/mol. The summed E-state index contributed by atoms with van der Waals surface area (Å²) in [6, 6.07) is 10.1. The zero-order valence-corrected chi connectivity index (χ0v) is 14.0.